The van der Waals surface area contributed by atoms with Crippen LogP contribution in [0.3, 0.4) is 0 Å². The predicted molar refractivity (Wildman–Crippen MR) is 114 cm³/mol. The molecular weight excluding hydrogens is 364 g/mol. The van der Waals surface area contributed by atoms with Crippen LogP contribution in [0.4, 0.5) is 0 Å². The van der Waals surface area contributed by atoms with Gasteiger partial charge in [-0.05, 0) is 71.9 Å². The van der Waals surface area contributed by atoms with Crippen molar-refractivity contribution < 1.29 is 0 Å². The molecule has 1 aliphatic carbocycles. The van der Waals surface area contributed by atoms with E-state index in [1.165, 1.54) is 18.4 Å². The molecule has 1 N–H and O–H groups in total. The standard InChI is InChI=1S/C22H30N6O/c1-4-15-11-12-19-16(13-15)14-18(22(29)23-19)20(27(5-2)6-3)21-24-25-26-28(21)17-9-7-8-10-17/h11-14,17,20H,4-10H2,1-3H3,(H,23,29)/t20-/m1/s1. The van der Waals surface area contributed by atoms with E-state index < -0.39 is 0 Å². The Morgan fingerprint density at radius 1 is 1.17 bits per heavy atom. The van der Waals surface area contributed by atoms with Gasteiger partial charge in [0, 0.05) is 11.1 Å². The number of aromatic amines is 1. The molecule has 29 heavy (non-hydrogen) atoms. The molecule has 4 rings (SSSR count). The number of tetrazole rings is 1. The van der Waals surface area contributed by atoms with Crippen LogP contribution in [0, 0.1) is 0 Å². The third kappa shape index (κ3) is 3.71. The SMILES string of the molecule is CCc1ccc2[nH]c(=O)c([C@H](c3nnnn3C3CCCC3)N(CC)CC)cc2c1. The van der Waals surface area contributed by atoms with Gasteiger partial charge in [0.15, 0.2) is 5.82 Å². The highest BCUT2D eigenvalue weighted by molar-refractivity contribution is 5.80. The minimum atomic E-state index is -0.265. The van der Waals surface area contributed by atoms with Crippen LogP contribution in [-0.2, 0) is 6.42 Å². The summed E-state index contributed by atoms with van der Waals surface area (Å²) in [6.45, 7) is 7.99. The van der Waals surface area contributed by atoms with E-state index in [4.69, 9.17) is 0 Å². The normalized spacial score (nSPS) is 16.1. The van der Waals surface area contributed by atoms with E-state index in [-0.39, 0.29) is 11.6 Å². The number of nitrogens with one attached hydrogen (secondary N) is 1. The second-order valence-electron chi connectivity index (χ2n) is 7.87. The monoisotopic (exact) mass is 394 g/mol. The van der Waals surface area contributed by atoms with Crippen LogP contribution in [0.15, 0.2) is 29.1 Å². The molecule has 1 aromatic carbocycles. The molecule has 0 bridgehead atoms. The van der Waals surface area contributed by atoms with Crippen molar-refractivity contribution in [2.75, 3.05) is 13.1 Å². The van der Waals surface area contributed by atoms with Crippen molar-refractivity contribution in [3.8, 4) is 0 Å². The highest BCUT2D eigenvalue weighted by Crippen LogP contribution is 2.33. The molecule has 7 heteroatoms. The zero-order valence-corrected chi connectivity index (χ0v) is 17.6. The molecule has 0 amide bonds. The van der Waals surface area contributed by atoms with Gasteiger partial charge in [0.2, 0.25) is 0 Å². The molecular formula is C22H30N6O. The smallest absolute Gasteiger partial charge is 0.253 e. The summed E-state index contributed by atoms with van der Waals surface area (Å²) in [7, 11) is 0. The van der Waals surface area contributed by atoms with Crippen LogP contribution < -0.4 is 5.56 Å². The lowest BCUT2D eigenvalue weighted by atomic mass is 10.0. The highest BCUT2D eigenvalue weighted by atomic mass is 16.1. The van der Waals surface area contributed by atoms with E-state index >= 15 is 0 Å². The van der Waals surface area contributed by atoms with E-state index in [1.807, 2.05) is 16.8 Å². The fourth-order valence-electron chi connectivity index (χ4n) is 4.57. The number of rotatable bonds is 7. The molecule has 0 saturated heterocycles. The summed E-state index contributed by atoms with van der Waals surface area (Å²) in [6.07, 6.45) is 5.56. The quantitative estimate of drug-likeness (QED) is 0.662. The molecule has 0 unspecified atom stereocenters. The van der Waals surface area contributed by atoms with Gasteiger partial charge >= 0.3 is 0 Å². The lowest BCUT2D eigenvalue weighted by Gasteiger charge is -2.29. The lowest BCUT2D eigenvalue weighted by molar-refractivity contribution is 0.230. The average Bonchev–Trinajstić information content (AvgIpc) is 3.43. The minimum Gasteiger partial charge on any atom is -0.322 e. The molecule has 7 nitrogen and oxygen atoms in total. The van der Waals surface area contributed by atoms with Crippen molar-refractivity contribution in [3.63, 3.8) is 0 Å². The Morgan fingerprint density at radius 3 is 2.62 bits per heavy atom. The van der Waals surface area contributed by atoms with Crippen LogP contribution in [0.1, 0.15) is 75.5 Å². The van der Waals surface area contributed by atoms with E-state index in [9.17, 15) is 4.79 Å². The number of aryl methyl sites for hydroxylation is 1. The summed E-state index contributed by atoms with van der Waals surface area (Å²) in [5.74, 6) is 0.775. The molecule has 2 heterocycles. The second kappa shape index (κ2) is 8.45. The van der Waals surface area contributed by atoms with E-state index in [0.717, 1.165) is 49.1 Å². The first-order valence-electron chi connectivity index (χ1n) is 10.8. The molecule has 0 aliphatic heterocycles. The van der Waals surface area contributed by atoms with E-state index in [2.05, 4.69) is 58.3 Å². The Kier molecular flexibility index (Phi) is 5.76. The Bertz CT molecular complexity index is 1030. The summed E-state index contributed by atoms with van der Waals surface area (Å²) in [4.78, 5) is 18.5. The summed E-state index contributed by atoms with van der Waals surface area (Å²) >= 11 is 0. The third-order valence-electron chi connectivity index (χ3n) is 6.25. The number of aromatic nitrogens is 5. The zero-order chi connectivity index (χ0) is 20.4. The number of fused-ring (bicyclic) bond motifs is 1. The number of hydrogen-bond donors (Lipinski definition) is 1. The summed E-state index contributed by atoms with van der Waals surface area (Å²) in [5.41, 5.74) is 2.76. The maximum absolute atomic E-state index is 13.1. The molecule has 1 saturated carbocycles. The molecule has 154 valence electrons. The predicted octanol–water partition coefficient (Wildman–Crippen LogP) is 3.62. The van der Waals surface area contributed by atoms with Gasteiger partial charge in [-0.25, -0.2) is 4.68 Å². The van der Waals surface area contributed by atoms with Crippen molar-refractivity contribution in [2.45, 2.75) is 65.0 Å². The fraction of sp³-hybridized carbons (Fsp3) is 0.545. The summed E-state index contributed by atoms with van der Waals surface area (Å²) < 4.78 is 1.97. The number of hydrogen-bond acceptors (Lipinski definition) is 5. The van der Waals surface area contributed by atoms with Gasteiger partial charge < -0.3 is 4.98 Å². The van der Waals surface area contributed by atoms with Crippen molar-refractivity contribution in [1.29, 1.82) is 0 Å². The fourth-order valence-corrected chi connectivity index (χ4v) is 4.57. The maximum Gasteiger partial charge on any atom is 0.253 e. The average molecular weight is 395 g/mol. The van der Waals surface area contributed by atoms with Crippen molar-refractivity contribution in [2.24, 2.45) is 0 Å². The van der Waals surface area contributed by atoms with Crippen LogP contribution >= 0.6 is 0 Å². The Balaban J connectivity index is 1.88. The Morgan fingerprint density at radius 2 is 1.93 bits per heavy atom. The van der Waals surface area contributed by atoms with Gasteiger partial charge in [-0.2, -0.15) is 0 Å². The third-order valence-corrected chi connectivity index (χ3v) is 6.25. The molecule has 0 radical (unpaired) electrons. The second-order valence-corrected chi connectivity index (χ2v) is 7.87. The minimum absolute atomic E-state index is 0.0698. The first-order valence-corrected chi connectivity index (χ1v) is 10.8. The van der Waals surface area contributed by atoms with Gasteiger partial charge in [0.1, 0.15) is 6.04 Å². The van der Waals surface area contributed by atoms with E-state index in [0.29, 0.717) is 11.6 Å². The Labute approximate surface area is 171 Å². The first-order chi connectivity index (χ1) is 14.2. The van der Waals surface area contributed by atoms with Gasteiger partial charge in [-0.1, -0.05) is 39.7 Å². The molecule has 1 atom stereocenters. The number of H-pyrrole nitrogens is 1. The number of nitrogens with zero attached hydrogens (tertiary/aromatic N) is 5. The molecule has 3 aromatic rings. The van der Waals surface area contributed by atoms with Crippen molar-refractivity contribution in [1.82, 2.24) is 30.1 Å². The van der Waals surface area contributed by atoms with Gasteiger partial charge in [-0.15, -0.1) is 5.10 Å². The molecule has 2 aromatic heterocycles. The zero-order valence-electron chi connectivity index (χ0n) is 17.6. The molecule has 0 spiro atoms. The first kappa shape index (κ1) is 19.8. The summed E-state index contributed by atoms with van der Waals surface area (Å²) in [5, 5.41) is 13.8. The van der Waals surface area contributed by atoms with Gasteiger partial charge in [0.05, 0.1) is 6.04 Å². The molecule has 1 aliphatic rings. The van der Waals surface area contributed by atoms with Crippen LogP contribution in [-0.4, -0.2) is 43.2 Å². The Hall–Kier alpha value is -2.54. The summed E-state index contributed by atoms with van der Waals surface area (Å²) in [6, 6.07) is 8.32. The highest BCUT2D eigenvalue weighted by Gasteiger charge is 2.31. The topological polar surface area (TPSA) is 79.7 Å². The van der Waals surface area contributed by atoms with Crippen LogP contribution in [0.5, 0.6) is 0 Å². The van der Waals surface area contributed by atoms with Gasteiger partial charge in [-0.3, -0.25) is 9.69 Å². The molecule has 1 fully saturated rings. The number of benzene rings is 1. The van der Waals surface area contributed by atoms with Gasteiger partial charge in [0.25, 0.3) is 5.56 Å². The largest absolute Gasteiger partial charge is 0.322 e. The van der Waals surface area contributed by atoms with Crippen molar-refractivity contribution in [3.05, 3.63) is 51.6 Å². The maximum atomic E-state index is 13.1. The van der Waals surface area contributed by atoms with Crippen LogP contribution in [0.25, 0.3) is 10.9 Å². The van der Waals surface area contributed by atoms with Crippen molar-refractivity contribution >= 4 is 10.9 Å². The number of pyridine rings is 1. The van der Waals surface area contributed by atoms with Crippen LogP contribution in [0.2, 0.25) is 0 Å². The lowest BCUT2D eigenvalue weighted by Crippen LogP contribution is -2.35. The van der Waals surface area contributed by atoms with E-state index in [1.54, 1.807) is 0 Å².